The summed E-state index contributed by atoms with van der Waals surface area (Å²) in [5.74, 6) is 2.42. The number of nitrogens with zero attached hydrogens (tertiary/aromatic N) is 2. The molecule has 2 heterocycles. The van der Waals surface area contributed by atoms with Crippen LogP contribution in [-0.2, 0) is 9.59 Å². The van der Waals surface area contributed by atoms with Gasteiger partial charge in [0.05, 0.1) is 0 Å². The fraction of sp³-hybridized carbons (Fsp3) is 0.909. The van der Waals surface area contributed by atoms with Crippen LogP contribution in [0.3, 0.4) is 0 Å². The Bertz CT molecular complexity index is 482. The van der Waals surface area contributed by atoms with E-state index in [0.717, 1.165) is 25.4 Å². The Morgan fingerprint density at radius 3 is 2.18 bits per heavy atom. The van der Waals surface area contributed by atoms with Crippen molar-refractivity contribution in [2.75, 3.05) is 39.3 Å². The van der Waals surface area contributed by atoms with E-state index in [4.69, 9.17) is 0 Å². The molecule has 0 radical (unpaired) electrons. The molecule has 2 saturated heterocycles. The summed E-state index contributed by atoms with van der Waals surface area (Å²) >= 11 is 0. The third kappa shape index (κ3) is 6.91. The number of rotatable bonds is 6. The van der Waals surface area contributed by atoms with Gasteiger partial charge in [-0.25, -0.2) is 0 Å². The standard InChI is InChI=1S/C22H39N3O2.ClH/c1-18(20-8-5-11-23-17-20)16-22(27)25-14-12-24(13-15-25)21(26)10-9-19-6-3-2-4-7-19;/h18-20,23H,2-17H2,1H3;1H. The fourth-order valence-corrected chi connectivity index (χ4v) is 5.10. The Balaban J connectivity index is 0.00000280. The first-order chi connectivity index (χ1) is 13.1. The molecule has 5 nitrogen and oxygen atoms in total. The van der Waals surface area contributed by atoms with Crippen LogP contribution in [-0.4, -0.2) is 60.9 Å². The van der Waals surface area contributed by atoms with Crippen molar-refractivity contribution in [2.24, 2.45) is 17.8 Å². The Hall–Kier alpha value is -0.810. The monoisotopic (exact) mass is 413 g/mol. The van der Waals surface area contributed by atoms with Gasteiger partial charge in [0, 0.05) is 39.0 Å². The molecule has 0 spiro atoms. The number of hydrogen-bond donors (Lipinski definition) is 1. The molecule has 3 fully saturated rings. The highest BCUT2D eigenvalue weighted by Crippen LogP contribution is 2.28. The number of carbonyl (C=O) groups is 2. The second-order valence-electron chi connectivity index (χ2n) is 9.09. The molecule has 0 aromatic carbocycles. The van der Waals surface area contributed by atoms with Crippen molar-refractivity contribution in [3.05, 3.63) is 0 Å². The second kappa shape index (κ2) is 12.0. The third-order valence-corrected chi connectivity index (χ3v) is 7.11. The molecule has 162 valence electrons. The van der Waals surface area contributed by atoms with Crippen LogP contribution < -0.4 is 5.32 Å². The van der Waals surface area contributed by atoms with Gasteiger partial charge in [-0.3, -0.25) is 9.59 Å². The molecule has 1 saturated carbocycles. The maximum Gasteiger partial charge on any atom is 0.222 e. The van der Waals surface area contributed by atoms with Gasteiger partial charge in [0.1, 0.15) is 0 Å². The van der Waals surface area contributed by atoms with Crippen molar-refractivity contribution in [1.29, 1.82) is 0 Å². The van der Waals surface area contributed by atoms with Gasteiger partial charge in [0.25, 0.3) is 0 Å². The lowest BCUT2D eigenvalue weighted by atomic mass is 9.85. The molecule has 2 aliphatic heterocycles. The lowest BCUT2D eigenvalue weighted by molar-refractivity contribution is -0.140. The van der Waals surface area contributed by atoms with E-state index < -0.39 is 0 Å². The lowest BCUT2D eigenvalue weighted by Crippen LogP contribution is -2.51. The van der Waals surface area contributed by atoms with Crippen molar-refractivity contribution in [3.8, 4) is 0 Å². The van der Waals surface area contributed by atoms with Crippen LogP contribution in [0.25, 0.3) is 0 Å². The number of halogens is 1. The van der Waals surface area contributed by atoms with Gasteiger partial charge in [-0.1, -0.05) is 39.0 Å². The van der Waals surface area contributed by atoms with E-state index in [1.54, 1.807) is 0 Å². The first kappa shape index (κ1) is 23.5. The van der Waals surface area contributed by atoms with Gasteiger partial charge in [-0.2, -0.15) is 0 Å². The summed E-state index contributed by atoms with van der Waals surface area (Å²) in [5, 5.41) is 3.45. The Morgan fingerprint density at radius 2 is 1.57 bits per heavy atom. The van der Waals surface area contributed by atoms with Crippen molar-refractivity contribution in [2.45, 2.75) is 71.1 Å². The Labute approximate surface area is 177 Å². The minimum Gasteiger partial charge on any atom is -0.339 e. The van der Waals surface area contributed by atoms with E-state index >= 15 is 0 Å². The molecule has 3 aliphatic rings. The highest BCUT2D eigenvalue weighted by Gasteiger charge is 2.28. The van der Waals surface area contributed by atoms with E-state index in [9.17, 15) is 9.59 Å². The average Bonchev–Trinajstić information content (AvgIpc) is 2.73. The summed E-state index contributed by atoms with van der Waals surface area (Å²) in [6.07, 6.45) is 11.6. The molecule has 3 rings (SSSR count). The van der Waals surface area contributed by atoms with Crippen LogP contribution in [0.15, 0.2) is 0 Å². The zero-order valence-corrected chi connectivity index (χ0v) is 18.5. The summed E-state index contributed by atoms with van der Waals surface area (Å²) in [4.78, 5) is 29.2. The highest BCUT2D eigenvalue weighted by atomic mass is 35.5. The quantitative estimate of drug-likeness (QED) is 0.725. The predicted octanol–water partition coefficient (Wildman–Crippen LogP) is 3.47. The van der Waals surface area contributed by atoms with E-state index in [2.05, 4.69) is 12.2 Å². The van der Waals surface area contributed by atoms with Crippen LogP contribution >= 0.6 is 12.4 Å². The van der Waals surface area contributed by atoms with Crippen LogP contribution in [0.5, 0.6) is 0 Å². The van der Waals surface area contributed by atoms with E-state index in [1.807, 2.05) is 9.80 Å². The first-order valence-corrected chi connectivity index (χ1v) is 11.4. The molecule has 0 bridgehead atoms. The van der Waals surface area contributed by atoms with Gasteiger partial charge in [-0.05, 0) is 50.1 Å². The molecule has 2 amide bonds. The second-order valence-corrected chi connectivity index (χ2v) is 9.09. The van der Waals surface area contributed by atoms with Gasteiger partial charge in [0.15, 0.2) is 0 Å². The molecule has 2 atom stereocenters. The number of amides is 2. The first-order valence-electron chi connectivity index (χ1n) is 11.4. The molecule has 1 aliphatic carbocycles. The fourth-order valence-electron chi connectivity index (χ4n) is 5.10. The molecule has 0 aromatic rings. The Kier molecular flexibility index (Phi) is 10.1. The number of piperidine rings is 1. The van der Waals surface area contributed by atoms with Gasteiger partial charge >= 0.3 is 0 Å². The van der Waals surface area contributed by atoms with Gasteiger partial charge in [0.2, 0.25) is 11.8 Å². The average molecular weight is 414 g/mol. The van der Waals surface area contributed by atoms with Crippen LogP contribution in [0.4, 0.5) is 0 Å². The van der Waals surface area contributed by atoms with Crippen LogP contribution in [0, 0.1) is 17.8 Å². The molecule has 6 heteroatoms. The smallest absolute Gasteiger partial charge is 0.222 e. The highest BCUT2D eigenvalue weighted by molar-refractivity contribution is 5.85. The summed E-state index contributed by atoms with van der Waals surface area (Å²) in [6, 6.07) is 0. The van der Waals surface area contributed by atoms with Crippen molar-refractivity contribution < 1.29 is 9.59 Å². The third-order valence-electron chi connectivity index (χ3n) is 7.11. The number of nitrogens with one attached hydrogen (secondary N) is 1. The Morgan fingerprint density at radius 1 is 0.929 bits per heavy atom. The SMILES string of the molecule is CC(CC(=O)N1CCN(C(=O)CCC2CCCCC2)CC1)C1CCCNC1.Cl. The molecular weight excluding hydrogens is 374 g/mol. The topological polar surface area (TPSA) is 52.7 Å². The van der Waals surface area contributed by atoms with Gasteiger partial charge in [-0.15, -0.1) is 12.4 Å². The maximum atomic E-state index is 12.7. The zero-order valence-electron chi connectivity index (χ0n) is 17.7. The van der Waals surface area contributed by atoms with Crippen molar-refractivity contribution >= 4 is 24.2 Å². The minimum atomic E-state index is 0. The predicted molar refractivity (Wildman–Crippen MR) is 116 cm³/mol. The number of carbonyl (C=O) groups excluding carboxylic acids is 2. The number of piperazine rings is 1. The van der Waals surface area contributed by atoms with Gasteiger partial charge < -0.3 is 15.1 Å². The number of hydrogen-bond acceptors (Lipinski definition) is 3. The summed E-state index contributed by atoms with van der Waals surface area (Å²) < 4.78 is 0. The maximum absolute atomic E-state index is 12.7. The molecular formula is C22H40ClN3O2. The molecule has 0 aromatic heterocycles. The molecule has 1 N–H and O–H groups in total. The van der Waals surface area contributed by atoms with E-state index in [1.165, 1.54) is 44.9 Å². The van der Waals surface area contributed by atoms with Crippen LogP contribution in [0.2, 0.25) is 0 Å². The van der Waals surface area contributed by atoms with E-state index in [0.29, 0.717) is 56.8 Å². The summed E-state index contributed by atoms with van der Waals surface area (Å²) in [7, 11) is 0. The zero-order chi connectivity index (χ0) is 19.1. The summed E-state index contributed by atoms with van der Waals surface area (Å²) in [6.45, 7) is 7.25. The van der Waals surface area contributed by atoms with E-state index in [-0.39, 0.29) is 18.3 Å². The largest absolute Gasteiger partial charge is 0.339 e. The lowest BCUT2D eigenvalue weighted by Gasteiger charge is -2.36. The normalized spacial score (nSPS) is 25.1. The van der Waals surface area contributed by atoms with Crippen LogP contribution in [0.1, 0.15) is 71.1 Å². The summed E-state index contributed by atoms with van der Waals surface area (Å²) in [5.41, 5.74) is 0. The van der Waals surface area contributed by atoms with Crippen molar-refractivity contribution in [3.63, 3.8) is 0 Å². The molecule has 2 unspecified atom stereocenters. The van der Waals surface area contributed by atoms with Crippen molar-refractivity contribution in [1.82, 2.24) is 15.1 Å². The molecule has 28 heavy (non-hydrogen) atoms. The minimum absolute atomic E-state index is 0.